The van der Waals surface area contributed by atoms with Crippen LogP contribution in [0.25, 0.3) is 10.9 Å². The second-order valence-electron chi connectivity index (χ2n) is 4.70. The zero-order valence-corrected chi connectivity index (χ0v) is 11.1. The highest BCUT2D eigenvalue weighted by Gasteiger charge is 2.12. The lowest BCUT2D eigenvalue weighted by molar-refractivity contribution is 0.472. The largest absolute Gasteiger partial charge is 0.507 e. The lowest BCUT2D eigenvalue weighted by Crippen LogP contribution is -1.90. The van der Waals surface area contributed by atoms with Gasteiger partial charge in [0.1, 0.15) is 17.0 Å². The minimum atomic E-state index is 0.229. The molecule has 1 aromatic carbocycles. The van der Waals surface area contributed by atoms with Crippen LogP contribution in [0.1, 0.15) is 38.2 Å². The van der Waals surface area contributed by atoms with Crippen LogP contribution in [0.2, 0.25) is 0 Å². The lowest BCUT2D eigenvalue weighted by Gasteiger charge is -2.08. The number of hydrogen-bond donors (Lipinski definition) is 1. The van der Waals surface area contributed by atoms with Gasteiger partial charge in [-0.3, -0.25) is 4.98 Å². The highest BCUT2D eigenvalue weighted by Crippen LogP contribution is 2.35. The summed E-state index contributed by atoms with van der Waals surface area (Å²) in [6, 6.07) is 5.17. The number of hydrogen-bond acceptors (Lipinski definition) is 4. The van der Waals surface area contributed by atoms with Crippen LogP contribution >= 0.6 is 0 Å². The van der Waals surface area contributed by atoms with Gasteiger partial charge >= 0.3 is 0 Å². The molecule has 0 aliphatic heterocycles. The molecular formula is C15H18N2O2. The third-order valence-electron chi connectivity index (χ3n) is 3.32. The van der Waals surface area contributed by atoms with Crippen LogP contribution in [0.15, 0.2) is 29.6 Å². The minimum Gasteiger partial charge on any atom is -0.507 e. The zero-order valence-electron chi connectivity index (χ0n) is 11.1. The van der Waals surface area contributed by atoms with Gasteiger partial charge in [0.25, 0.3) is 0 Å². The Bertz CT molecular complexity index is 582. The molecule has 19 heavy (non-hydrogen) atoms. The van der Waals surface area contributed by atoms with Crippen LogP contribution in [0.3, 0.4) is 0 Å². The number of aryl methyl sites for hydroxylation is 1. The summed E-state index contributed by atoms with van der Waals surface area (Å²) in [5, 5.41) is 13.9. The van der Waals surface area contributed by atoms with E-state index in [9.17, 15) is 10.0 Å². The molecule has 0 radical (unpaired) electrons. The van der Waals surface area contributed by atoms with Crippen molar-refractivity contribution in [1.29, 1.82) is 0 Å². The Kier molecular flexibility index (Phi) is 4.44. The normalized spacial score (nSPS) is 10.8. The van der Waals surface area contributed by atoms with Crippen LogP contribution in [0.4, 0.5) is 5.69 Å². The van der Waals surface area contributed by atoms with Gasteiger partial charge in [0.2, 0.25) is 0 Å². The molecule has 0 saturated carbocycles. The molecule has 1 aromatic heterocycles. The number of fused-ring (bicyclic) bond motifs is 1. The van der Waals surface area contributed by atoms with E-state index in [1.807, 2.05) is 0 Å². The third-order valence-corrected chi connectivity index (χ3v) is 3.32. The van der Waals surface area contributed by atoms with Gasteiger partial charge in [-0.05, 0) is 41.8 Å². The van der Waals surface area contributed by atoms with Crippen molar-refractivity contribution in [3.8, 4) is 5.75 Å². The first kappa shape index (κ1) is 13.5. The maximum absolute atomic E-state index is 10.9. The van der Waals surface area contributed by atoms with Crippen molar-refractivity contribution < 1.29 is 5.11 Å². The van der Waals surface area contributed by atoms with E-state index in [0.29, 0.717) is 16.6 Å². The summed E-state index contributed by atoms with van der Waals surface area (Å²) in [5.74, 6) is 0.229. The molecule has 0 spiro atoms. The molecular weight excluding hydrogens is 240 g/mol. The van der Waals surface area contributed by atoms with Crippen molar-refractivity contribution in [2.45, 2.75) is 39.0 Å². The van der Waals surface area contributed by atoms with E-state index >= 15 is 0 Å². The van der Waals surface area contributed by atoms with Gasteiger partial charge in [0.05, 0.1) is 0 Å². The lowest BCUT2D eigenvalue weighted by atomic mass is 10.0. The molecule has 100 valence electrons. The number of benzene rings is 1. The molecule has 0 bridgehead atoms. The summed E-state index contributed by atoms with van der Waals surface area (Å²) in [6.07, 6.45) is 6.86. The molecule has 0 unspecified atom stereocenters. The fourth-order valence-corrected chi connectivity index (χ4v) is 2.28. The van der Waals surface area contributed by atoms with Crippen LogP contribution in [0, 0.1) is 4.91 Å². The van der Waals surface area contributed by atoms with Crippen molar-refractivity contribution >= 4 is 16.6 Å². The minimum absolute atomic E-state index is 0.229. The second kappa shape index (κ2) is 6.27. The molecule has 0 aliphatic rings. The summed E-state index contributed by atoms with van der Waals surface area (Å²) in [7, 11) is 0. The SMILES string of the molecule is CCCCCCc1cc(N=O)c2ncccc2c1O. The fraction of sp³-hybridized carbons (Fsp3) is 0.400. The van der Waals surface area contributed by atoms with Crippen molar-refractivity contribution in [3.05, 3.63) is 34.9 Å². The number of unbranched alkanes of at least 4 members (excludes halogenated alkanes) is 3. The van der Waals surface area contributed by atoms with Crippen LogP contribution in [0.5, 0.6) is 5.75 Å². The topological polar surface area (TPSA) is 62.5 Å². The number of pyridine rings is 1. The summed E-state index contributed by atoms with van der Waals surface area (Å²) in [6.45, 7) is 2.16. The summed E-state index contributed by atoms with van der Waals surface area (Å²) in [5.41, 5.74) is 1.55. The first-order chi connectivity index (χ1) is 9.27. The highest BCUT2D eigenvalue weighted by molar-refractivity contribution is 5.94. The molecule has 0 aliphatic carbocycles. The predicted molar refractivity (Wildman–Crippen MR) is 76.7 cm³/mol. The first-order valence-corrected chi connectivity index (χ1v) is 6.70. The molecule has 4 nitrogen and oxygen atoms in total. The molecule has 4 heteroatoms. The van der Waals surface area contributed by atoms with E-state index < -0.39 is 0 Å². The zero-order chi connectivity index (χ0) is 13.7. The Morgan fingerprint density at radius 3 is 2.89 bits per heavy atom. The summed E-state index contributed by atoms with van der Waals surface area (Å²) in [4.78, 5) is 15.0. The molecule has 0 saturated heterocycles. The molecule has 2 aromatic rings. The Balaban J connectivity index is 2.33. The van der Waals surface area contributed by atoms with E-state index in [0.717, 1.165) is 24.8 Å². The average molecular weight is 258 g/mol. The van der Waals surface area contributed by atoms with Crippen molar-refractivity contribution in [2.75, 3.05) is 0 Å². The van der Waals surface area contributed by atoms with E-state index in [1.165, 1.54) is 12.8 Å². The van der Waals surface area contributed by atoms with E-state index in [-0.39, 0.29) is 5.75 Å². The quantitative estimate of drug-likeness (QED) is 0.614. The third kappa shape index (κ3) is 2.89. The molecule has 2 rings (SSSR count). The van der Waals surface area contributed by atoms with Gasteiger partial charge in [-0.15, -0.1) is 4.91 Å². The molecule has 0 amide bonds. The molecule has 0 fully saturated rings. The maximum Gasteiger partial charge on any atom is 0.134 e. The van der Waals surface area contributed by atoms with E-state index in [4.69, 9.17) is 0 Å². The monoisotopic (exact) mass is 258 g/mol. The number of aromatic hydroxyl groups is 1. The number of rotatable bonds is 6. The first-order valence-electron chi connectivity index (χ1n) is 6.70. The number of phenols is 1. The Morgan fingerprint density at radius 2 is 2.16 bits per heavy atom. The standard InChI is InChI=1S/C15H18N2O2/c1-2-3-4-5-7-11-10-13(17-19)14-12(15(11)18)8-6-9-16-14/h6,8-10,18H,2-5,7H2,1H3. The maximum atomic E-state index is 10.9. The van der Waals surface area contributed by atoms with Crippen molar-refractivity contribution in [3.63, 3.8) is 0 Å². The Hall–Kier alpha value is -1.97. The smallest absolute Gasteiger partial charge is 0.134 e. The number of nitroso groups, excluding NO2 is 1. The predicted octanol–water partition coefficient (Wildman–Crippen LogP) is 4.46. The van der Waals surface area contributed by atoms with E-state index in [1.54, 1.807) is 24.4 Å². The molecule has 1 N–H and O–H groups in total. The Labute approximate surface area is 112 Å². The van der Waals surface area contributed by atoms with Crippen LogP contribution < -0.4 is 0 Å². The second-order valence-corrected chi connectivity index (χ2v) is 4.70. The molecule has 1 heterocycles. The van der Waals surface area contributed by atoms with E-state index in [2.05, 4.69) is 17.1 Å². The Morgan fingerprint density at radius 1 is 1.32 bits per heavy atom. The number of nitrogens with zero attached hydrogens (tertiary/aromatic N) is 2. The average Bonchev–Trinajstić information content (AvgIpc) is 2.46. The highest BCUT2D eigenvalue weighted by atomic mass is 16.3. The van der Waals surface area contributed by atoms with Gasteiger partial charge < -0.3 is 5.11 Å². The van der Waals surface area contributed by atoms with Gasteiger partial charge in [0, 0.05) is 11.6 Å². The van der Waals surface area contributed by atoms with Gasteiger partial charge in [-0.2, -0.15) is 0 Å². The van der Waals surface area contributed by atoms with Gasteiger partial charge in [0.15, 0.2) is 0 Å². The van der Waals surface area contributed by atoms with Gasteiger partial charge in [-0.1, -0.05) is 26.2 Å². The summed E-state index contributed by atoms with van der Waals surface area (Å²) >= 11 is 0. The summed E-state index contributed by atoms with van der Waals surface area (Å²) < 4.78 is 0. The number of phenolic OH excluding ortho intramolecular Hbond substituents is 1. The van der Waals surface area contributed by atoms with Crippen molar-refractivity contribution in [1.82, 2.24) is 4.98 Å². The van der Waals surface area contributed by atoms with Crippen molar-refractivity contribution in [2.24, 2.45) is 5.18 Å². The van der Waals surface area contributed by atoms with Crippen LogP contribution in [-0.4, -0.2) is 10.1 Å². The van der Waals surface area contributed by atoms with Crippen LogP contribution in [-0.2, 0) is 6.42 Å². The molecule has 0 atom stereocenters. The van der Waals surface area contributed by atoms with Gasteiger partial charge in [-0.25, -0.2) is 0 Å². The number of aromatic nitrogens is 1. The fourth-order valence-electron chi connectivity index (χ4n) is 2.28.